The molecule has 6 aliphatic carbocycles. The number of carbonyl (C=O) groups is 2. The number of carboxylic acids is 1. The van der Waals surface area contributed by atoms with Gasteiger partial charge >= 0.3 is 5.97 Å². The van der Waals surface area contributed by atoms with Gasteiger partial charge in [0.15, 0.2) is 0 Å². The molecule has 25 heavy (non-hydrogen) atoms. The van der Waals surface area contributed by atoms with Crippen molar-refractivity contribution in [1.82, 2.24) is 5.32 Å². The molecule has 0 unspecified atom stereocenters. The van der Waals surface area contributed by atoms with Crippen molar-refractivity contribution in [2.75, 3.05) is 0 Å². The highest BCUT2D eigenvalue weighted by Gasteiger charge is 2.55. The van der Waals surface area contributed by atoms with Crippen LogP contribution in [0.2, 0.25) is 0 Å². The van der Waals surface area contributed by atoms with Gasteiger partial charge in [0.1, 0.15) is 0 Å². The number of rotatable bonds is 4. The van der Waals surface area contributed by atoms with Gasteiger partial charge in [-0.05, 0) is 86.9 Å². The number of fused-ring (bicyclic) bond motifs is 2. The third-order valence-corrected chi connectivity index (χ3v) is 8.41. The van der Waals surface area contributed by atoms with E-state index in [1.165, 1.54) is 38.5 Å². The highest BCUT2D eigenvalue weighted by molar-refractivity contribution is 5.87. The van der Waals surface area contributed by atoms with Crippen LogP contribution in [0.1, 0.15) is 51.9 Å². The third kappa shape index (κ3) is 2.32. The number of carbonyl (C=O) groups excluding carboxylic acids is 1. The lowest BCUT2D eigenvalue weighted by Crippen LogP contribution is -2.57. The largest absolute Gasteiger partial charge is 0.481 e. The predicted octanol–water partition coefficient (Wildman–Crippen LogP) is 3.23. The van der Waals surface area contributed by atoms with Crippen LogP contribution in [0.5, 0.6) is 0 Å². The van der Waals surface area contributed by atoms with Crippen LogP contribution in [0.15, 0.2) is 12.2 Å². The Morgan fingerprint density at radius 3 is 2.00 bits per heavy atom. The Morgan fingerprint density at radius 2 is 1.48 bits per heavy atom. The first-order valence-corrected chi connectivity index (χ1v) is 10.2. The van der Waals surface area contributed by atoms with Crippen LogP contribution in [-0.4, -0.2) is 23.0 Å². The van der Waals surface area contributed by atoms with Crippen molar-refractivity contribution >= 4 is 11.9 Å². The zero-order valence-corrected chi connectivity index (χ0v) is 15.0. The van der Waals surface area contributed by atoms with E-state index in [-0.39, 0.29) is 35.1 Å². The molecule has 6 bridgehead atoms. The molecule has 1 amide bonds. The molecule has 0 aliphatic heterocycles. The van der Waals surface area contributed by atoms with Crippen molar-refractivity contribution in [3.63, 3.8) is 0 Å². The van der Waals surface area contributed by atoms with E-state index in [0.717, 1.165) is 24.2 Å². The summed E-state index contributed by atoms with van der Waals surface area (Å²) in [5, 5.41) is 12.9. The number of nitrogens with one attached hydrogen (secondary N) is 1. The van der Waals surface area contributed by atoms with Crippen molar-refractivity contribution in [3.05, 3.63) is 12.2 Å². The van der Waals surface area contributed by atoms with Crippen molar-refractivity contribution in [2.45, 2.75) is 57.9 Å². The van der Waals surface area contributed by atoms with Crippen molar-refractivity contribution < 1.29 is 14.7 Å². The van der Waals surface area contributed by atoms with Gasteiger partial charge < -0.3 is 10.4 Å². The fourth-order valence-corrected chi connectivity index (χ4v) is 7.69. The van der Waals surface area contributed by atoms with E-state index in [9.17, 15) is 14.7 Å². The number of aliphatic carboxylic acids is 1. The topological polar surface area (TPSA) is 66.4 Å². The molecule has 136 valence electrons. The molecular weight excluding hydrogens is 314 g/mol. The Bertz CT molecular complexity index is 604. The number of hydrogen-bond acceptors (Lipinski definition) is 2. The van der Waals surface area contributed by atoms with Gasteiger partial charge in [0.25, 0.3) is 0 Å². The van der Waals surface area contributed by atoms with Gasteiger partial charge in [0.2, 0.25) is 5.91 Å². The lowest BCUT2D eigenvalue weighted by Gasteiger charge is -2.59. The van der Waals surface area contributed by atoms with E-state index in [2.05, 4.69) is 18.3 Å². The molecule has 0 aromatic carbocycles. The molecular formula is C21H29NO3. The number of hydrogen-bond donors (Lipinski definition) is 2. The van der Waals surface area contributed by atoms with Crippen molar-refractivity contribution in [1.29, 1.82) is 0 Å². The van der Waals surface area contributed by atoms with Gasteiger partial charge in [-0.2, -0.15) is 0 Å². The van der Waals surface area contributed by atoms with Crippen LogP contribution in [0, 0.1) is 46.8 Å². The quantitative estimate of drug-likeness (QED) is 0.770. The molecule has 5 saturated carbocycles. The summed E-state index contributed by atoms with van der Waals surface area (Å²) in [7, 11) is 0. The molecule has 5 fully saturated rings. The van der Waals surface area contributed by atoms with Gasteiger partial charge in [-0.15, -0.1) is 0 Å². The Hall–Kier alpha value is -1.32. The number of amides is 1. The normalized spacial score (nSPS) is 50.2. The molecule has 0 heterocycles. The summed E-state index contributed by atoms with van der Waals surface area (Å²) in [6.45, 7) is 2.18. The average Bonchev–Trinajstić information content (AvgIpc) is 3.14. The maximum absolute atomic E-state index is 13.0. The van der Waals surface area contributed by atoms with Crippen molar-refractivity contribution in [2.24, 2.45) is 46.8 Å². The van der Waals surface area contributed by atoms with Crippen LogP contribution >= 0.6 is 0 Å². The van der Waals surface area contributed by atoms with E-state index >= 15 is 0 Å². The average molecular weight is 343 g/mol. The fraction of sp³-hybridized carbons (Fsp3) is 0.810. The second kappa shape index (κ2) is 5.34. The summed E-state index contributed by atoms with van der Waals surface area (Å²) >= 11 is 0. The van der Waals surface area contributed by atoms with Crippen molar-refractivity contribution in [3.8, 4) is 0 Å². The summed E-state index contributed by atoms with van der Waals surface area (Å²) in [5.74, 6) is 1.05. The summed E-state index contributed by atoms with van der Waals surface area (Å²) < 4.78 is 0. The molecule has 0 aromatic rings. The van der Waals surface area contributed by atoms with Gasteiger partial charge in [-0.25, -0.2) is 0 Å². The maximum atomic E-state index is 13.0. The smallest absolute Gasteiger partial charge is 0.307 e. The van der Waals surface area contributed by atoms with E-state index in [4.69, 9.17) is 0 Å². The first-order chi connectivity index (χ1) is 11.9. The Kier molecular flexibility index (Phi) is 3.40. The van der Waals surface area contributed by atoms with Crippen LogP contribution in [-0.2, 0) is 9.59 Å². The second-order valence-corrected chi connectivity index (χ2v) is 9.85. The molecule has 4 heteroatoms. The summed E-state index contributed by atoms with van der Waals surface area (Å²) in [4.78, 5) is 24.7. The van der Waals surface area contributed by atoms with Crippen LogP contribution in [0.25, 0.3) is 0 Å². The Labute approximate surface area is 149 Å². The standard InChI is InChI=1S/C21H29NO3/c1-11(21-8-12-4-13(9-21)6-14(5-12)10-21)22-19(23)17-15-2-3-16(7-15)18(17)20(24)25/h2-3,11-18H,4-10H2,1H3,(H,22,23)(H,24,25)/t11-,12?,13?,14?,15-,16-,17+,18-,21?/m0/s1. The minimum Gasteiger partial charge on any atom is -0.481 e. The second-order valence-electron chi connectivity index (χ2n) is 9.85. The van der Waals surface area contributed by atoms with Crippen LogP contribution in [0.3, 0.4) is 0 Å². The van der Waals surface area contributed by atoms with E-state index in [0.29, 0.717) is 0 Å². The molecule has 6 aliphatic rings. The molecule has 6 rings (SSSR count). The van der Waals surface area contributed by atoms with E-state index < -0.39 is 11.9 Å². The molecule has 4 nitrogen and oxygen atoms in total. The zero-order valence-electron chi connectivity index (χ0n) is 15.0. The summed E-state index contributed by atoms with van der Waals surface area (Å²) in [6, 6.07) is 0.172. The highest BCUT2D eigenvalue weighted by atomic mass is 16.4. The molecule has 0 spiro atoms. The Morgan fingerprint density at radius 1 is 0.960 bits per heavy atom. The fourth-order valence-electron chi connectivity index (χ4n) is 7.69. The van der Waals surface area contributed by atoms with Crippen LogP contribution < -0.4 is 5.32 Å². The minimum absolute atomic E-state index is 0.00695. The monoisotopic (exact) mass is 343 g/mol. The summed E-state index contributed by atoms with van der Waals surface area (Å²) in [6.07, 6.45) is 12.9. The van der Waals surface area contributed by atoms with Gasteiger partial charge in [-0.1, -0.05) is 12.2 Å². The minimum atomic E-state index is -0.806. The molecule has 0 saturated heterocycles. The SMILES string of the molecule is C[C@H](NC(=O)[C@H]1[C@@H](C(=O)O)[C@H]2C=C[C@H]1C2)C12CC3CC(CC(C3)C1)C2. The first-order valence-electron chi connectivity index (χ1n) is 10.2. The maximum Gasteiger partial charge on any atom is 0.307 e. The highest BCUT2D eigenvalue weighted by Crippen LogP contribution is 2.61. The number of carboxylic acid groups (broad SMARTS) is 1. The first kappa shape index (κ1) is 15.9. The molecule has 5 atom stereocenters. The van der Waals surface area contributed by atoms with E-state index in [1.54, 1.807) is 0 Å². The lowest BCUT2D eigenvalue weighted by atomic mass is 9.48. The number of allylic oxidation sites excluding steroid dienone is 2. The van der Waals surface area contributed by atoms with Crippen LogP contribution in [0.4, 0.5) is 0 Å². The lowest BCUT2D eigenvalue weighted by molar-refractivity contribution is -0.148. The molecule has 0 radical (unpaired) electrons. The van der Waals surface area contributed by atoms with Gasteiger partial charge in [0, 0.05) is 6.04 Å². The van der Waals surface area contributed by atoms with Gasteiger partial charge in [-0.3, -0.25) is 9.59 Å². The zero-order chi connectivity index (χ0) is 17.3. The Balaban J connectivity index is 1.33. The molecule has 0 aromatic heterocycles. The molecule has 2 N–H and O–H groups in total. The predicted molar refractivity (Wildman–Crippen MR) is 93.6 cm³/mol. The summed E-state index contributed by atoms with van der Waals surface area (Å²) in [5.41, 5.74) is 0.274. The third-order valence-electron chi connectivity index (χ3n) is 8.41. The van der Waals surface area contributed by atoms with E-state index in [1.807, 2.05) is 6.08 Å². The van der Waals surface area contributed by atoms with Gasteiger partial charge in [0.05, 0.1) is 11.8 Å².